The van der Waals surface area contributed by atoms with Crippen LogP contribution in [0.3, 0.4) is 0 Å². The lowest BCUT2D eigenvalue weighted by Crippen LogP contribution is -2.48. The van der Waals surface area contributed by atoms with Crippen molar-refractivity contribution in [3.8, 4) is 5.75 Å². The first-order valence-electron chi connectivity index (χ1n) is 12.2. The maximum atomic E-state index is 13.0. The normalized spacial score (nSPS) is 15.2. The van der Waals surface area contributed by atoms with Crippen molar-refractivity contribution in [3.05, 3.63) is 65.4 Å². The van der Waals surface area contributed by atoms with Gasteiger partial charge in [-0.2, -0.15) is 0 Å². The Labute approximate surface area is 217 Å². The Morgan fingerprint density at radius 1 is 0.973 bits per heavy atom. The van der Waals surface area contributed by atoms with Crippen molar-refractivity contribution < 1.29 is 28.6 Å². The number of rotatable bonds is 11. The summed E-state index contributed by atoms with van der Waals surface area (Å²) in [6, 6.07) is 12.6. The van der Waals surface area contributed by atoms with Gasteiger partial charge in [0, 0.05) is 30.7 Å². The molecular weight excluding hydrogens is 476 g/mol. The van der Waals surface area contributed by atoms with Gasteiger partial charge in [-0.15, -0.1) is 0 Å². The number of hydrogen-bond acceptors (Lipinski definition) is 6. The van der Waals surface area contributed by atoms with Crippen molar-refractivity contribution in [1.29, 1.82) is 0 Å². The van der Waals surface area contributed by atoms with Crippen LogP contribution in [0.2, 0.25) is 0 Å². The van der Waals surface area contributed by atoms with Gasteiger partial charge in [-0.1, -0.05) is 19.1 Å². The summed E-state index contributed by atoms with van der Waals surface area (Å²) in [6.45, 7) is 7.03. The quantitative estimate of drug-likeness (QED) is 0.299. The maximum absolute atomic E-state index is 13.0. The Kier molecular flexibility index (Phi) is 9.91. The lowest BCUT2D eigenvalue weighted by atomic mass is 9.94. The molecule has 0 spiro atoms. The highest BCUT2D eigenvalue weighted by Crippen LogP contribution is 2.32. The van der Waals surface area contributed by atoms with Crippen LogP contribution < -0.4 is 20.7 Å². The third-order valence-corrected chi connectivity index (χ3v) is 5.71. The largest absolute Gasteiger partial charge is 0.494 e. The van der Waals surface area contributed by atoms with E-state index in [4.69, 9.17) is 14.2 Å². The highest BCUT2D eigenvalue weighted by molar-refractivity contribution is 6.00. The summed E-state index contributed by atoms with van der Waals surface area (Å²) in [5.74, 6) is 0.209. The van der Waals surface area contributed by atoms with E-state index in [1.165, 1.54) is 7.11 Å². The number of amides is 4. The molecule has 1 atom stereocenters. The van der Waals surface area contributed by atoms with E-state index < -0.39 is 18.0 Å². The number of carbonyl (C=O) groups is 3. The molecular formula is C27H34N4O6. The van der Waals surface area contributed by atoms with E-state index in [2.05, 4.69) is 16.0 Å². The molecule has 4 amide bonds. The number of esters is 1. The molecule has 0 aliphatic carbocycles. The number of hydrogen-bond donors (Lipinski definition) is 3. The van der Waals surface area contributed by atoms with E-state index in [-0.39, 0.29) is 19.2 Å². The lowest BCUT2D eigenvalue weighted by molar-refractivity contribution is -0.140. The van der Waals surface area contributed by atoms with Gasteiger partial charge >= 0.3 is 18.0 Å². The molecule has 0 fully saturated rings. The molecule has 2 aromatic rings. The molecule has 0 aromatic heterocycles. The van der Waals surface area contributed by atoms with Crippen LogP contribution >= 0.6 is 0 Å². The Morgan fingerprint density at radius 3 is 2.16 bits per heavy atom. The average molecular weight is 511 g/mol. The van der Waals surface area contributed by atoms with Crippen molar-refractivity contribution in [2.75, 3.05) is 44.1 Å². The Morgan fingerprint density at radius 2 is 1.59 bits per heavy atom. The van der Waals surface area contributed by atoms with E-state index in [1.807, 2.05) is 13.8 Å². The van der Waals surface area contributed by atoms with E-state index in [0.717, 1.165) is 12.2 Å². The van der Waals surface area contributed by atoms with Crippen LogP contribution in [0.4, 0.5) is 21.0 Å². The minimum absolute atomic E-state index is 0.104. The summed E-state index contributed by atoms with van der Waals surface area (Å²) in [5, 5.41) is 8.45. The van der Waals surface area contributed by atoms with Crippen molar-refractivity contribution in [2.45, 2.75) is 33.2 Å². The second kappa shape index (κ2) is 13.3. The number of ether oxygens (including phenoxy) is 3. The third kappa shape index (κ3) is 7.23. The molecule has 10 heteroatoms. The monoisotopic (exact) mass is 510 g/mol. The fourth-order valence-electron chi connectivity index (χ4n) is 3.94. The van der Waals surface area contributed by atoms with Gasteiger partial charge in [0.25, 0.3) is 0 Å². The zero-order chi connectivity index (χ0) is 26.8. The van der Waals surface area contributed by atoms with Crippen molar-refractivity contribution in [3.63, 3.8) is 0 Å². The first-order chi connectivity index (χ1) is 17.9. The molecule has 10 nitrogen and oxygen atoms in total. The topological polar surface area (TPSA) is 118 Å². The zero-order valence-corrected chi connectivity index (χ0v) is 21.6. The molecule has 1 aliphatic rings. The van der Waals surface area contributed by atoms with Gasteiger partial charge in [0.1, 0.15) is 12.4 Å². The first kappa shape index (κ1) is 27.5. The minimum Gasteiger partial charge on any atom is -0.494 e. The maximum Gasteiger partial charge on any atom is 0.338 e. The number of carbonyl (C=O) groups excluding carboxylic acids is 3. The molecule has 1 unspecified atom stereocenters. The van der Waals surface area contributed by atoms with Gasteiger partial charge in [0.2, 0.25) is 0 Å². The van der Waals surface area contributed by atoms with Gasteiger partial charge in [-0.05, 0) is 62.2 Å². The molecule has 0 bridgehead atoms. The summed E-state index contributed by atoms with van der Waals surface area (Å²) in [6.07, 6.45) is 0.737. The molecule has 0 saturated carbocycles. The van der Waals surface area contributed by atoms with E-state index in [0.29, 0.717) is 41.4 Å². The van der Waals surface area contributed by atoms with Crippen molar-refractivity contribution in [1.82, 2.24) is 10.2 Å². The Balaban J connectivity index is 1.74. The lowest BCUT2D eigenvalue weighted by Gasteiger charge is -2.35. The molecule has 0 saturated heterocycles. The van der Waals surface area contributed by atoms with Gasteiger partial charge in [-0.25, -0.2) is 14.4 Å². The summed E-state index contributed by atoms with van der Waals surface area (Å²) >= 11 is 0. The van der Waals surface area contributed by atoms with E-state index >= 15 is 0 Å². The van der Waals surface area contributed by atoms with Crippen LogP contribution in [0.15, 0.2) is 59.8 Å². The summed E-state index contributed by atoms with van der Waals surface area (Å²) < 4.78 is 15.8. The van der Waals surface area contributed by atoms with Gasteiger partial charge in [-0.3, -0.25) is 4.90 Å². The molecule has 198 valence electrons. The predicted molar refractivity (Wildman–Crippen MR) is 140 cm³/mol. The Hall–Kier alpha value is -4.05. The first-order valence-corrected chi connectivity index (χ1v) is 12.2. The van der Waals surface area contributed by atoms with Crippen LogP contribution in [-0.2, 0) is 14.3 Å². The highest BCUT2D eigenvalue weighted by atomic mass is 16.6. The molecule has 2 aromatic carbocycles. The standard InChI is InChI=1S/C27H34N4O6/c1-5-15-31-18(3)23(25(32)37-17-16-35-4)24(30-27(31)34)19-7-9-20(10-8-19)28-26(33)29-21-11-13-22(14-12-21)36-6-2/h7-14,24H,5-6,15-17H2,1-4H3,(H,30,34)(H2,28,29,33). The molecule has 1 heterocycles. The summed E-state index contributed by atoms with van der Waals surface area (Å²) in [7, 11) is 1.53. The SMILES string of the molecule is CCCN1C(=O)NC(c2ccc(NC(=O)Nc3ccc(OCC)cc3)cc2)C(C(=O)OCCOC)=C1C. The average Bonchev–Trinajstić information content (AvgIpc) is 2.88. The second-order valence-corrected chi connectivity index (χ2v) is 8.32. The van der Waals surface area contributed by atoms with Crippen molar-refractivity contribution >= 4 is 29.4 Å². The van der Waals surface area contributed by atoms with E-state index in [9.17, 15) is 14.4 Å². The summed E-state index contributed by atoms with van der Waals surface area (Å²) in [4.78, 5) is 39.7. The number of urea groups is 2. The number of nitrogens with one attached hydrogen (secondary N) is 3. The molecule has 37 heavy (non-hydrogen) atoms. The Bertz CT molecular complexity index is 1110. The number of methoxy groups -OCH3 is 1. The highest BCUT2D eigenvalue weighted by Gasteiger charge is 2.36. The summed E-state index contributed by atoms with van der Waals surface area (Å²) in [5.41, 5.74) is 2.76. The number of benzene rings is 2. The fourth-order valence-corrected chi connectivity index (χ4v) is 3.94. The number of allylic oxidation sites excluding steroid dienone is 1. The molecule has 3 N–H and O–H groups in total. The molecule has 1 aliphatic heterocycles. The molecule has 0 radical (unpaired) electrons. The van der Waals surface area contributed by atoms with Crippen LogP contribution in [0.5, 0.6) is 5.75 Å². The minimum atomic E-state index is -0.692. The van der Waals surface area contributed by atoms with Gasteiger partial charge in [0.15, 0.2) is 0 Å². The zero-order valence-electron chi connectivity index (χ0n) is 21.6. The fraction of sp³-hybridized carbons (Fsp3) is 0.370. The van der Waals surface area contributed by atoms with Gasteiger partial charge in [0.05, 0.1) is 24.8 Å². The predicted octanol–water partition coefficient (Wildman–Crippen LogP) is 4.67. The van der Waals surface area contributed by atoms with E-state index in [1.54, 1.807) is 60.4 Å². The van der Waals surface area contributed by atoms with Crippen LogP contribution in [0.1, 0.15) is 38.8 Å². The molecule has 3 rings (SSSR count). The second-order valence-electron chi connectivity index (χ2n) is 8.32. The smallest absolute Gasteiger partial charge is 0.338 e. The van der Waals surface area contributed by atoms with Crippen molar-refractivity contribution in [2.24, 2.45) is 0 Å². The number of anilines is 2. The van der Waals surface area contributed by atoms with Gasteiger partial charge < -0.3 is 30.2 Å². The van der Waals surface area contributed by atoms with Crippen LogP contribution in [0.25, 0.3) is 0 Å². The van der Waals surface area contributed by atoms with Crippen LogP contribution in [0, 0.1) is 0 Å². The van der Waals surface area contributed by atoms with Crippen LogP contribution in [-0.4, -0.2) is 56.4 Å². The third-order valence-electron chi connectivity index (χ3n) is 5.71. The number of nitrogens with zero attached hydrogens (tertiary/aromatic N) is 1.